The number of fused-ring (bicyclic) bond motifs is 1. The van der Waals surface area contributed by atoms with E-state index < -0.39 is 5.60 Å². The highest BCUT2D eigenvalue weighted by molar-refractivity contribution is 6.04. The maximum Gasteiger partial charge on any atom is 0.194 e. The number of benzene rings is 1. The van der Waals surface area contributed by atoms with Crippen molar-refractivity contribution in [1.82, 2.24) is 0 Å². The summed E-state index contributed by atoms with van der Waals surface area (Å²) in [5.74, 6) is -0.144. The van der Waals surface area contributed by atoms with Gasteiger partial charge in [0.15, 0.2) is 5.78 Å². The molecule has 0 amide bonds. The number of Topliss-reactive ketones (excluding diaryl/α,β-unsaturated/α-hetero) is 1. The Morgan fingerprint density at radius 1 is 1.38 bits per heavy atom. The molecule has 1 aromatic carbocycles. The van der Waals surface area contributed by atoms with Crippen LogP contribution in [0.2, 0.25) is 0 Å². The Labute approximate surface area is 77.2 Å². The molecule has 1 aliphatic carbocycles. The van der Waals surface area contributed by atoms with Crippen LogP contribution in [0.15, 0.2) is 24.3 Å². The summed E-state index contributed by atoms with van der Waals surface area (Å²) in [7, 11) is 0. The van der Waals surface area contributed by atoms with Crippen LogP contribution in [0.1, 0.15) is 29.3 Å². The zero-order valence-corrected chi connectivity index (χ0v) is 7.58. The van der Waals surface area contributed by atoms with E-state index >= 15 is 0 Å². The molecule has 0 spiro atoms. The largest absolute Gasteiger partial charge is 0.382 e. The molecular formula is C11H12O2. The second-order valence-corrected chi connectivity index (χ2v) is 3.76. The van der Waals surface area contributed by atoms with Gasteiger partial charge in [0.1, 0.15) is 5.60 Å². The molecule has 0 fully saturated rings. The van der Waals surface area contributed by atoms with Gasteiger partial charge in [0, 0.05) is 5.56 Å². The Bertz CT molecular complexity index is 353. The molecule has 0 bridgehead atoms. The Morgan fingerprint density at radius 3 is 2.85 bits per heavy atom. The fourth-order valence-electron chi connectivity index (χ4n) is 1.74. The maximum absolute atomic E-state index is 11.7. The normalized spacial score (nSPS) is 27.1. The van der Waals surface area contributed by atoms with Gasteiger partial charge in [-0.05, 0) is 25.3 Å². The molecule has 1 aromatic rings. The van der Waals surface area contributed by atoms with Crippen molar-refractivity contribution in [2.45, 2.75) is 25.4 Å². The summed E-state index contributed by atoms with van der Waals surface area (Å²) in [6, 6.07) is 7.48. The van der Waals surface area contributed by atoms with Gasteiger partial charge in [0.2, 0.25) is 0 Å². The molecular weight excluding hydrogens is 164 g/mol. The van der Waals surface area contributed by atoms with E-state index in [1.54, 1.807) is 13.0 Å². The number of aryl methyl sites for hydroxylation is 1. The second kappa shape index (κ2) is 2.67. The molecule has 1 aliphatic rings. The van der Waals surface area contributed by atoms with Crippen LogP contribution < -0.4 is 0 Å². The average Bonchev–Trinajstić information content (AvgIpc) is 2.13. The molecule has 0 aromatic heterocycles. The van der Waals surface area contributed by atoms with Crippen molar-refractivity contribution >= 4 is 5.78 Å². The van der Waals surface area contributed by atoms with Crippen molar-refractivity contribution in [1.29, 1.82) is 0 Å². The number of hydrogen-bond acceptors (Lipinski definition) is 2. The van der Waals surface area contributed by atoms with Gasteiger partial charge in [-0.1, -0.05) is 24.3 Å². The molecule has 0 saturated carbocycles. The molecule has 2 nitrogen and oxygen atoms in total. The van der Waals surface area contributed by atoms with Crippen molar-refractivity contribution in [2.24, 2.45) is 0 Å². The first kappa shape index (κ1) is 8.45. The number of carbonyl (C=O) groups excluding carboxylic acids is 1. The minimum atomic E-state index is -1.16. The van der Waals surface area contributed by atoms with Gasteiger partial charge in [-0.15, -0.1) is 0 Å². The number of hydrogen-bond donors (Lipinski definition) is 1. The fourth-order valence-corrected chi connectivity index (χ4v) is 1.74. The number of aliphatic hydroxyl groups is 1. The van der Waals surface area contributed by atoms with Crippen molar-refractivity contribution < 1.29 is 9.90 Å². The van der Waals surface area contributed by atoms with Gasteiger partial charge in [0.25, 0.3) is 0 Å². The van der Waals surface area contributed by atoms with E-state index in [0.29, 0.717) is 12.0 Å². The van der Waals surface area contributed by atoms with Crippen molar-refractivity contribution in [3.63, 3.8) is 0 Å². The van der Waals surface area contributed by atoms with Crippen LogP contribution in [0.4, 0.5) is 0 Å². The molecule has 1 N–H and O–H groups in total. The first-order valence-corrected chi connectivity index (χ1v) is 4.46. The van der Waals surface area contributed by atoms with Crippen LogP contribution in [0.25, 0.3) is 0 Å². The van der Waals surface area contributed by atoms with Gasteiger partial charge < -0.3 is 5.11 Å². The zero-order valence-electron chi connectivity index (χ0n) is 7.58. The van der Waals surface area contributed by atoms with E-state index in [1.807, 2.05) is 18.2 Å². The second-order valence-electron chi connectivity index (χ2n) is 3.76. The molecule has 2 heteroatoms. The first-order valence-electron chi connectivity index (χ1n) is 4.46. The summed E-state index contributed by atoms with van der Waals surface area (Å²) in [6.45, 7) is 1.59. The van der Waals surface area contributed by atoms with Crippen molar-refractivity contribution in [3.8, 4) is 0 Å². The number of ketones is 1. The lowest BCUT2D eigenvalue weighted by Gasteiger charge is -2.27. The summed E-state index contributed by atoms with van der Waals surface area (Å²) >= 11 is 0. The molecule has 0 heterocycles. The SMILES string of the molecule is C[C@@]1(O)CCc2ccccc2C1=O. The molecule has 0 saturated heterocycles. The summed E-state index contributed by atoms with van der Waals surface area (Å²) < 4.78 is 0. The van der Waals surface area contributed by atoms with Crippen molar-refractivity contribution in [3.05, 3.63) is 35.4 Å². The predicted octanol–water partition coefficient (Wildman–Crippen LogP) is 1.57. The van der Waals surface area contributed by atoms with Crippen LogP contribution in [0.3, 0.4) is 0 Å². The zero-order chi connectivity index (χ0) is 9.47. The van der Waals surface area contributed by atoms with E-state index in [-0.39, 0.29) is 5.78 Å². The third kappa shape index (κ3) is 1.27. The monoisotopic (exact) mass is 176 g/mol. The summed E-state index contributed by atoms with van der Waals surface area (Å²) in [5.41, 5.74) is 0.576. The van der Waals surface area contributed by atoms with Gasteiger partial charge in [-0.3, -0.25) is 4.79 Å². The maximum atomic E-state index is 11.7. The Morgan fingerprint density at radius 2 is 2.08 bits per heavy atom. The topological polar surface area (TPSA) is 37.3 Å². The number of carbonyl (C=O) groups is 1. The quantitative estimate of drug-likeness (QED) is 0.651. The summed E-state index contributed by atoms with van der Waals surface area (Å²) in [4.78, 5) is 11.7. The van der Waals surface area contributed by atoms with E-state index in [1.165, 1.54) is 0 Å². The lowest BCUT2D eigenvalue weighted by Crippen LogP contribution is -2.39. The Balaban J connectivity index is 2.52. The fraction of sp³-hybridized carbons (Fsp3) is 0.364. The summed E-state index contributed by atoms with van der Waals surface area (Å²) in [6.07, 6.45) is 1.32. The standard InChI is InChI=1S/C11H12O2/c1-11(13)7-6-8-4-2-3-5-9(8)10(11)12/h2-5,13H,6-7H2,1H3/t11-/m1/s1. The lowest BCUT2D eigenvalue weighted by molar-refractivity contribution is 0.0341. The van der Waals surface area contributed by atoms with Gasteiger partial charge in [-0.2, -0.15) is 0 Å². The lowest BCUT2D eigenvalue weighted by atomic mass is 9.81. The number of rotatable bonds is 0. The Kier molecular flexibility index (Phi) is 1.74. The smallest absolute Gasteiger partial charge is 0.194 e. The Hall–Kier alpha value is -1.15. The van der Waals surface area contributed by atoms with Crippen LogP contribution in [-0.4, -0.2) is 16.5 Å². The predicted molar refractivity (Wildman–Crippen MR) is 49.7 cm³/mol. The van der Waals surface area contributed by atoms with E-state index in [4.69, 9.17) is 0 Å². The van der Waals surface area contributed by atoms with Gasteiger partial charge >= 0.3 is 0 Å². The van der Waals surface area contributed by atoms with E-state index in [9.17, 15) is 9.90 Å². The van der Waals surface area contributed by atoms with Crippen LogP contribution >= 0.6 is 0 Å². The van der Waals surface area contributed by atoms with Gasteiger partial charge in [0.05, 0.1) is 0 Å². The first-order chi connectivity index (χ1) is 6.11. The molecule has 68 valence electrons. The van der Waals surface area contributed by atoms with Gasteiger partial charge in [-0.25, -0.2) is 0 Å². The highest BCUT2D eigenvalue weighted by atomic mass is 16.3. The summed E-state index contributed by atoms with van der Waals surface area (Å²) in [5, 5.41) is 9.74. The third-order valence-electron chi connectivity index (χ3n) is 2.63. The highest BCUT2D eigenvalue weighted by Gasteiger charge is 2.35. The highest BCUT2D eigenvalue weighted by Crippen LogP contribution is 2.27. The van der Waals surface area contributed by atoms with Crippen molar-refractivity contribution in [2.75, 3.05) is 0 Å². The molecule has 2 rings (SSSR count). The molecule has 13 heavy (non-hydrogen) atoms. The van der Waals surface area contributed by atoms with E-state index in [0.717, 1.165) is 12.0 Å². The molecule has 1 atom stereocenters. The molecule has 0 aliphatic heterocycles. The third-order valence-corrected chi connectivity index (χ3v) is 2.63. The minimum absolute atomic E-state index is 0.144. The van der Waals surface area contributed by atoms with Crippen LogP contribution in [-0.2, 0) is 6.42 Å². The minimum Gasteiger partial charge on any atom is -0.382 e. The van der Waals surface area contributed by atoms with Crippen LogP contribution in [0.5, 0.6) is 0 Å². The van der Waals surface area contributed by atoms with E-state index in [2.05, 4.69) is 0 Å². The molecule has 0 unspecified atom stereocenters. The molecule has 0 radical (unpaired) electrons. The average molecular weight is 176 g/mol. The van der Waals surface area contributed by atoms with Crippen LogP contribution in [0, 0.1) is 0 Å².